The lowest BCUT2D eigenvalue weighted by Crippen LogP contribution is -2.48. The van der Waals surface area contributed by atoms with Crippen molar-refractivity contribution < 1.29 is 4.79 Å². The monoisotopic (exact) mass is 565 g/mol. The van der Waals surface area contributed by atoms with Gasteiger partial charge in [-0.25, -0.2) is 0 Å². The molecule has 2 aromatic rings. The zero-order chi connectivity index (χ0) is 23.3. The maximum Gasteiger partial charge on any atom is 0.253 e. The van der Waals surface area contributed by atoms with Gasteiger partial charge in [-0.1, -0.05) is 56.3 Å². The fraction of sp³-hybridized carbons (Fsp3) is 0.462. The molecular weight excluding hydrogens is 525 g/mol. The van der Waals surface area contributed by atoms with Gasteiger partial charge in [0.15, 0.2) is 5.96 Å². The zero-order valence-electron chi connectivity index (χ0n) is 20.7. The molecule has 0 bridgehead atoms. The number of halogens is 1. The summed E-state index contributed by atoms with van der Waals surface area (Å²) in [7, 11) is 5.35. The third kappa shape index (κ3) is 9.71. The number of carbonyl (C=O) groups excluding carboxylic acids is 1. The lowest BCUT2D eigenvalue weighted by atomic mass is 10.0. The van der Waals surface area contributed by atoms with Gasteiger partial charge in [0.05, 0.1) is 0 Å². The number of nitrogens with one attached hydrogen (secondary N) is 2. The van der Waals surface area contributed by atoms with E-state index in [1.165, 1.54) is 5.56 Å². The predicted octanol–water partition coefficient (Wildman–Crippen LogP) is 3.67. The molecule has 2 rings (SSSR count). The summed E-state index contributed by atoms with van der Waals surface area (Å²) >= 11 is 0. The Kier molecular flexibility index (Phi) is 13.7. The van der Waals surface area contributed by atoms with Gasteiger partial charge in [0.2, 0.25) is 0 Å². The number of hydrogen-bond acceptors (Lipinski definition) is 3. The van der Waals surface area contributed by atoms with E-state index in [1.54, 1.807) is 26.0 Å². The van der Waals surface area contributed by atoms with E-state index in [0.717, 1.165) is 56.1 Å². The molecule has 0 fully saturated rings. The van der Waals surface area contributed by atoms with Crippen LogP contribution in [0.5, 0.6) is 0 Å². The first-order valence-corrected chi connectivity index (χ1v) is 11.5. The van der Waals surface area contributed by atoms with Gasteiger partial charge in [-0.05, 0) is 49.2 Å². The molecule has 0 aliphatic heterocycles. The van der Waals surface area contributed by atoms with E-state index in [-0.39, 0.29) is 29.9 Å². The maximum atomic E-state index is 12.2. The second kappa shape index (κ2) is 15.7. The highest BCUT2D eigenvalue weighted by molar-refractivity contribution is 14.0. The van der Waals surface area contributed by atoms with Gasteiger partial charge >= 0.3 is 0 Å². The molecule has 7 heteroatoms. The Morgan fingerprint density at radius 2 is 1.64 bits per heavy atom. The molecule has 0 aliphatic rings. The van der Waals surface area contributed by atoms with E-state index in [4.69, 9.17) is 0 Å². The first-order valence-electron chi connectivity index (χ1n) is 11.5. The van der Waals surface area contributed by atoms with E-state index < -0.39 is 0 Å². The standard InChI is InChI=1S/C26H39N5O.HI/c1-6-31(7-2)24(19-21-12-9-8-10-13-21)20-29-26(27-3)28-17-16-22-14-11-15-23(18-22)25(32)30(4)5;/h8-15,18,24H,6-7,16-17,19-20H2,1-5H3,(H2,27,28,29);1H. The predicted molar refractivity (Wildman–Crippen MR) is 150 cm³/mol. The van der Waals surface area contributed by atoms with Crippen molar-refractivity contribution in [1.82, 2.24) is 20.4 Å². The summed E-state index contributed by atoms with van der Waals surface area (Å²) in [5.41, 5.74) is 3.20. The lowest BCUT2D eigenvalue weighted by Gasteiger charge is -2.30. The number of benzene rings is 2. The average Bonchev–Trinajstić information content (AvgIpc) is 2.82. The topological polar surface area (TPSA) is 60.0 Å². The molecule has 0 saturated carbocycles. The van der Waals surface area contributed by atoms with Crippen LogP contribution in [0, 0.1) is 0 Å². The Hall–Kier alpha value is -2.13. The molecule has 0 spiro atoms. The summed E-state index contributed by atoms with van der Waals surface area (Å²) in [4.78, 5) is 20.7. The third-order valence-electron chi connectivity index (χ3n) is 5.66. The molecule has 0 heterocycles. The highest BCUT2D eigenvalue weighted by atomic mass is 127. The minimum atomic E-state index is 0. The number of amides is 1. The Labute approximate surface area is 216 Å². The highest BCUT2D eigenvalue weighted by Gasteiger charge is 2.17. The van der Waals surface area contributed by atoms with E-state index in [1.807, 2.05) is 18.2 Å². The quantitative estimate of drug-likeness (QED) is 0.248. The first kappa shape index (κ1) is 28.9. The van der Waals surface area contributed by atoms with Gasteiger partial charge in [0.1, 0.15) is 0 Å². The number of aliphatic imine (C=N–C) groups is 1. The highest BCUT2D eigenvalue weighted by Crippen LogP contribution is 2.09. The Morgan fingerprint density at radius 1 is 0.970 bits per heavy atom. The second-order valence-corrected chi connectivity index (χ2v) is 8.09. The van der Waals surface area contributed by atoms with Crippen LogP contribution in [0.2, 0.25) is 0 Å². The molecule has 1 amide bonds. The van der Waals surface area contributed by atoms with Crippen LogP contribution in [0.4, 0.5) is 0 Å². The summed E-state index contributed by atoms with van der Waals surface area (Å²) in [6.07, 6.45) is 1.82. The minimum Gasteiger partial charge on any atom is -0.356 e. The zero-order valence-corrected chi connectivity index (χ0v) is 23.0. The van der Waals surface area contributed by atoms with Crippen molar-refractivity contribution in [3.05, 3.63) is 71.3 Å². The molecule has 1 atom stereocenters. The number of nitrogens with zero attached hydrogens (tertiary/aromatic N) is 3. The Balaban J connectivity index is 0.00000544. The minimum absolute atomic E-state index is 0. The van der Waals surface area contributed by atoms with Crippen LogP contribution >= 0.6 is 24.0 Å². The number of likely N-dealkylation sites (N-methyl/N-ethyl adjacent to an activating group) is 1. The van der Waals surface area contributed by atoms with Gasteiger partial charge < -0.3 is 15.5 Å². The molecule has 33 heavy (non-hydrogen) atoms. The van der Waals surface area contributed by atoms with E-state index >= 15 is 0 Å². The molecule has 0 aromatic heterocycles. The van der Waals surface area contributed by atoms with Gasteiger partial charge in [-0.3, -0.25) is 14.7 Å². The van der Waals surface area contributed by atoms with Gasteiger partial charge in [-0.15, -0.1) is 24.0 Å². The van der Waals surface area contributed by atoms with Crippen molar-refractivity contribution in [2.24, 2.45) is 4.99 Å². The SMILES string of the molecule is CCN(CC)C(CNC(=NC)NCCc1cccc(C(=O)N(C)C)c1)Cc1ccccc1.I. The summed E-state index contributed by atoms with van der Waals surface area (Å²) in [5, 5.41) is 6.91. The molecule has 1 unspecified atom stereocenters. The van der Waals surface area contributed by atoms with Gasteiger partial charge in [0.25, 0.3) is 5.91 Å². The lowest BCUT2D eigenvalue weighted by molar-refractivity contribution is 0.0827. The van der Waals surface area contributed by atoms with Crippen LogP contribution in [0.1, 0.15) is 35.3 Å². The van der Waals surface area contributed by atoms with Crippen molar-refractivity contribution in [3.63, 3.8) is 0 Å². The molecular formula is C26H40IN5O. The molecule has 0 saturated heterocycles. The van der Waals surface area contributed by atoms with Crippen LogP contribution < -0.4 is 10.6 Å². The number of rotatable bonds is 11. The fourth-order valence-corrected chi connectivity index (χ4v) is 3.83. The van der Waals surface area contributed by atoms with Crippen LogP contribution in [0.3, 0.4) is 0 Å². The molecule has 182 valence electrons. The number of guanidine groups is 1. The molecule has 0 aliphatic carbocycles. The fourth-order valence-electron chi connectivity index (χ4n) is 3.83. The third-order valence-corrected chi connectivity index (χ3v) is 5.66. The molecule has 2 aromatic carbocycles. The second-order valence-electron chi connectivity index (χ2n) is 8.09. The van der Waals surface area contributed by atoms with Crippen molar-refractivity contribution in [2.45, 2.75) is 32.7 Å². The normalized spacial score (nSPS) is 12.1. The number of hydrogen-bond donors (Lipinski definition) is 2. The van der Waals surface area contributed by atoms with Crippen LogP contribution in [-0.2, 0) is 12.8 Å². The largest absolute Gasteiger partial charge is 0.356 e. The Bertz CT molecular complexity index is 853. The maximum absolute atomic E-state index is 12.2. The van der Waals surface area contributed by atoms with Gasteiger partial charge in [-0.2, -0.15) is 0 Å². The Morgan fingerprint density at radius 3 is 2.24 bits per heavy atom. The van der Waals surface area contributed by atoms with Crippen LogP contribution in [0.25, 0.3) is 0 Å². The first-order chi connectivity index (χ1) is 15.5. The molecule has 2 N–H and O–H groups in total. The summed E-state index contributed by atoms with van der Waals surface area (Å²) in [6, 6.07) is 18.9. The van der Waals surface area contributed by atoms with Crippen LogP contribution in [-0.4, -0.2) is 75.0 Å². The average molecular weight is 566 g/mol. The van der Waals surface area contributed by atoms with Crippen LogP contribution in [0.15, 0.2) is 59.6 Å². The summed E-state index contributed by atoms with van der Waals surface area (Å²) < 4.78 is 0. The van der Waals surface area contributed by atoms with Crippen molar-refractivity contribution in [2.75, 3.05) is 47.3 Å². The van der Waals surface area contributed by atoms with E-state index in [0.29, 0.717) is 6.04 Å². The number of carbonyl (C=O) groups is 1. The summed E-state index contributed by atoms with van der Waals surface area (Å²) in [5.74, 6) is 0.828. The van der Waals surface area contributed by atoms with Crippen molar-refractivity contribution >= 4 is 35.8 Å². The van der Waals surface area contributed by atoms with E-state index in [9.17, 15) is 4.79 Å². The van der Waals surface area contributed by atoms with Crippen molar-refractivity contribution in [3.8, 4) is 0 Å². The van der Waals surface area contributed by atoms with Gasteiger partial charge in [0, 0.05) is 45.8 Å². The van der Waals surface area contributed by atoms with E-state index in [2.05, 4.69) is 70.8 Å². The summed E-state index contributed by atoms with van der Waals surface area (Å²) in [6.45, 7) is 8.03. The molecule has 6 nitrogen and oxygen atoms in total. The van der Waals surface area contributed by atoms with Crippen molar-refractivity contribution in [1.29, 1.82) is 0 Å². The molecule has 0 radical (unpaired) electrons. The smallest absolute Gasteiger partial charge is 0.253 e.